The molecule has 0 fully saturated rings. The van der Waals surface area contributed by atoms with Crippen LogP contribution in [0.15, 0.2) is 29.1 Å². The Morgan fingerprint density at radius 3 is 2.65 bits per heavy atom. The van der Waals surface area contributed by atoms with Crippen molar-refractivity contribution in [1.29, 1.82) is 0 Å². The highest BCUT2D eigenvalue weighted by atomic mass is 16.1. The van der Waals surface area contributed by atoms with Crippen LogP contribution in [0.1, 0.15) is 18.1 Å². The van der Waals surface area contributed by atoms with Crippen molar-refractivity contribution in [2.75, 3.05) is 0 Å². The average molecular weight is 229 g/mol. The van der Waals surface area contributed by atoms with Gasteiger partial charge in [-0.1, -0.05) is 12.1 Å². The molecule has 0 radical (unpaired) electrons. The summed E-state index contributed by atoms with van der Waals surface area (Å²) in [4.78, 5) is 23.2. The quantitative estimate of drug-likeness (QED) is 0.789. The molecule has 2 aromatic rings. The molecule has 0 unspecified atom stereocenters. The van der Waals surface area contributed by atoms with Gasteiger partial charge in [-0.2, -0.15) is 0 Å². The number of hydrogen-bond acceptors (Lipinski definition) is 2. The van der Waals surface area contributed by atoms with E-state index in [9.17, 15) is 9.59 Å². The van der Waals surface area contributed by atoms with Crippen molar-refractivity contribution >= 4 is 16.7 Å². The lowest BCUT2D eigenvalue weighted by atomic mass is 10.1. The van der Waals surface area contributed by atoms with Crippen LogP contribution in [-0.4, -0.2) is 10.4 Å². The minimum Gasteiger partial charge on any atom is -0.311 e. The minimum atomic E-state index is -0.0849. The molecular formula is C14H15NO2. The van der Waals surface area contributed by atoms with Crippen molar-refractivity contribution in [2.45, 2.75) is 20.3 Å². The third-order valence-corrected chi connectivity index (χ3v) is 2.90. The van der Waals surface area contributed by atoms with Crippen LogP contribution >= 0.6 is 0 Å². The Hall–Kier alpha value is -1.90. The van der Waals surface area contributed by atoms with Gasteiger partial charge in [-0.05, 0) is 36.9 Å². The number of aromatic nitrogens is 1. The van der Waals surface area contributed by atoms with Crippen LogP contribution in [0, 0.1) is 6.92 Å². The number of benzene rings is 1. The van der Waals surface area contributed by atoms with Gasteiger partial charge in [0.15, 0.2) is 0 Å². The van der Waals surface area contributed by atoms with Gasteiger partial charge in [0.05, 0.1) is 5.52 Å². The number of rotatable bonds is 2. The lowest BCUT2D eigenvalue weighted by molar-refractivity contribution is -0.116. The summed E-state index contributed by atoms with van der Waals surface area (Å²) in [5, 5.41) is 0.994. The van der Waals surface area contributed by atoms with Crippen LogP contribution in [0.25, 0.3) is 10.9 Å². The monoisotopic (exact) mass is 229 g/mol. The van der Waals surface area contributed by atoms with Gasteiger partial charge in [0, 0.05) is 19.0 Å². The number of aryl methyl sites for hydroxylation is 2. The number of fused-ring (bicyclic) bond motifs is 1. The third kappa shape index (κ3) is 2.13. The molecule has 1 heterocycles. The molecule has 0 atom stereocenters. The van der Waals surface area contributed by atoms with Gasteiger partial charge < -0.3 is 4.57 Å². The van der Waals surface area contributed by atoms with Gasteiger partial charge in [0.1, 0.15) is 5.78 Å². The Morgan fingerprint density at radius 2 is 2.00 bits per heavy atom. The normalized spacial score (nSPS) is 10.8. The molecule has 0 aliphatic carbocycles. The van der Waals surface area contributed by atoms with Crippen LogP contribution in [0.4, 0.5) is 0 Å². The van der Waals surface area contributed by atoms with Crippen molar-refractivity contribution in [3.05, 3.63) is 45.7 Å². The van der Waals surface area contributed by atoms with Crippen LogP contribution < -0.4 is 5.56 Å². The number of Topliss-reactive ketones (excluding diaryl/α,β-unsaturated/α-hetero) is 1. The molecular weight excluding hydrogens is 214 g/mol. The Kier molecular flexibility index (Phi) is 2.84. The van der Waals surface area contributed by atoms with E-state index in [1.165, 1.54) is 6.92 Å². The third-order valence-electron chi connectivity index (χ3n) is 2.90. The second-order valence-electron chi connectivity index (χ2n) is 4.47. The summed E-state index contributed by atoms with van der Waals surface area (Å²) in [5.74, 6) is 0.00793. The van der Waals surface area contributed by atoms with Gasteiger partial charge in [-0.15, -0.1) is 0 Å². The van der Waals surface area contributed by atoms with E-state index in [-0.39, 0.29) is 17.8 Å². The van der Waals surface area contributed by atoms with Gasteiger partial charge in [0.2, 0.25) is 0 Å². The summed E-state index contributed by atoms with van der Waals surface area (Å²) in [5.41, 5.74) is 2.50. The molecule has 0 amide bonds. The maximum absolute atomic E-state index is 12.0. The highest BCUT2D eigenvalue weighted by Crippen LogP contribution is 2.15. The molecule has 0 aliphatic heterocycles. The van der Waals surface area contributed by atoms with Crippen molar-refractivity contribution in [2.24, 2.45) is 7.05 Å². The standard InChI is InChI=1S/C14H15NO2/c1-9-4-5-11-8-12(7-10(2)16)14(17)15(3)13(11)6-9/h4-6,8H,7H2,1-3H3. The average Bonchev–Trinajstić information content (AvgIpc) is 2.26. The van der Waals surface area contributed by atoms with Crippen molar-refractivity contribution in [3.8, 4) is 0 Å². The molecule has 1 aromatic carbocycles. The molecule has 0 saturated heterocycles. The van der Waals surface area contributed by atoms with E-state index in [2.05, 4.69) is 0 Å². The number of pyridine rings is 1. The molecule has 0 saturated carbocycles. The fourth-order valence-corrected chi connectivity index (χ4v) is 2.04. The molecule has 3 nitrogen and oxygen atoms in total. The van der Waals surface area contributed by atoms with Crippen LogP contribution in [0.5, 0.6) is 0 Å². The number of carbonyl (C=O) groups is 1. The molecule has 0 spiro atoms. The molecule has 88 valence electrons. The molecule has 0 N–H and O–H groups in total. The van der Waals surface area contributed by atoms with E-state index in [0.29, 0.717) is 5.56 Å². The highest BCUT2D eigenvalue weighted by Gasteiger charge is 2.08. The van der Waals surface area contributed by atoms with E-state index in [0.717, 1.165) is 16.5 Å². The number of carbonyl (C=O) groups excluding carboxylic acids is 1. The first-order valence-corrected chi connectivity index (χ1v) is 5.58. The summed E-state index contributed by atoms with van der Waals surface area (Å²) in [7, 11) is 1.74. The maximum atomic E-state index is 12.0. The van der Waals surface area contributed by atoms with Gasteiger partial charge in [-0.3, -0.25) is 9.59 Å². The van der Waals surface area contributed by atoms with Crippen molar-refractivity contribution < 1.29 is 4.79 Å². The van der Waals surface area contributed by atoms with Crippen molar-refractivity contribution in [1.82, 2.24) is 4.57 Å². The molecule has 3 heteroatoms. The Labute approximate surface area is 99.7 Å². The fourth-order valence-electron chi connectivity index (χ4n) is 2.04. The topological polar surface area (TPSA) is 39.1 Å². The second kappa shape index (κ2) is 4.17. The number of nitrogens with zero attached hydrogens (tertiary/aromatic N) is 1. The van der Waals surface area contributed by atoms with Gasteiger partial charge in [0.25, 0.3) is 5.56 Å². The van der Waals surface area contributed by atoms with Gasteiger partial charge in [-0.25, -0.2) is 0 Å². The maximum Gasteiger partial charge on any atom is 0.254 e. The minimum absolute atomic E-state index is 0.00793. The molecule has 0 aliphatic rings. The zero-order valence-electron chi connectivity index (χ0n) is 10.3. The lowest BCUT2D eigenvalue weighted by Gasteiger charge is -2.08. The first kappa shape index (κ1) is 11.6. The summed E-state index contributed by atoms with van der Waals surface area (Å²) in [6.07, 6.45) is 0.205. The summed E-state index contributed by atoms with van der Waals surface area (Å²) in [6.45, 7) is 3.49. The molecule has 0 bridgehead atoms. The Morgan fingerprint density at radius 1 is 1.29 bits per heavy atom. The molecule has 1 aromatic heterocycles. The predicted octanol–water partition coefficient (Wildman–Crippen LogP) is 1.98. The zero-order valence-corrected chi connectivity index (χ0v) is 10.3. The van der Waals surface area contributed by atoms with Crippen molar-refractivity contribution in [3.63, 3.8) is 0 Å². The van der Waals surface area contributed by atoms with Gasteiger partial charge >= 0.3 is 0 Å². The SMILES string of the molecule is CC(=O)Cc1cc2ccc(C)cc2n(C)c1=O. The molecule has 17 heavy (non-hydrogen) atoms. The van der Waals surface area contributed by atoms with Crippen LogP contribution in [-0.2, 0) is 18.3 Å². The fraction of sp³-hybridized carbons (Fsp3) is 0.286. The van der Waals surface area contributed by atoms with E-state index < -0.39 is 0 Å². The second-order valence-corrected chi connectivity index (χ2v) is 4.47. The lowest BCUT2D eigenvalue weighted by Crippen LogP contribution is -2.22. The highest BCUT2D eigenvalue weighted by molar-refractivity contribution is 5.83. The van der Waals surface area contributed by atoms with E-state index in [4.69, 9.17) is 0 Å². The number of hydrogen-bond donors (Lipinski definition) is 0. The summed E-state index contributed by atoms with van der Waals surface area (Å²) >= 11 is 0. The van der Waals surface area contributed by atoms with Crippen LogP contribution in [0.2, 0.25) is 0 Å². The first-order valence-electron chi connectivity index (χ1n) is 5.58. The van der Waals surface area contributed by atoms with E-state index in [1.54, 1.807) is 11.6 Å². The smallest absolute Gasteiger partial charge is 0.254 e. The summed E-state index contributed by atoms with van der Waals surface area (Å²) in [6, 6.07) is 7.78. The Bertz CT molecular complexity index is 653. The first-order chi connectivity index (χ1) is 7.99. The molecule has 2 rings (SSSR count). The van der Waals surface area contributed by atoms with Crippen LogP contribution in [0.3, 0.4) is 0 Å². The summed E-state index contributed by atoms with van der Waals surface area (Å²) < 4.78 is 1.61. The number of ketones is 1. The van der Waals surface area contributed by atoms with E-state index in [1.807, 2.05) is 31.2 Å². The Balaban J connectivity index is 2.75. The van der Waals surface area contributed by atoms with E-state index >= 15 is 0 Å². The zero-order chi connectivity index (χ0) is 12.6. The largest absolute Gasteiger partial charge is 0.311 e. The predicted molar refractivity (Wildman–Crippen MR) is 68.3 cm³/mol.